The fourth-order valence-corrected chi connectivity index (χ4v) is 2.15. The number of aromatic nitrogens is 1. The average molecular weight is 258 g/mol. The quantitative estimate of drug-likeness (QED) is 0.216. The van der Waals surface area contributed by atoms with E-state index in [1.165, 1.54) is 18.5 Å². The minimum atomic E-state index is -3.52. The van der Waals surface area contributed by atoms with Crippen LogP contribution in [0.5, 0.6) is 0 Å². The van der Waals surface area contributed by atoms with Gasteiger partial charge in [-0.3, -0.25) is 4.98 Å². The summed E-state index contributed by atoms with van der Waals surface area (Å²) < 4.78 is 25.8. The van der Waals surface area contributed by atoms with Crippen molar-refractivity contribution >= 4 is 15.9 Å². The van der Waals surface area contributed by atoms with Crippen LogP contribution in [0.2, 0.25) is 0 Å². The Morgan fingerprint density at radius 1 is 1.59 bits per heavy atom. The maximum atomic E-state index is 11.7. The summed E-state index contributed by atoms with van der Waals surface area (Å²) in [7, 11) is -3.52. The number of nitrogens with zero attached hydrogens (tertiary/aromatic N) is 2. The summed E-state index contributed by atoms with van der Waals surface area (Å²) in [5, 5.41) is 11.1. The third-order valence-electron chi connectivity index (χ3n) is 1.97. The molecule has 0 radical (unpaired) electrons. The Hall–Kier alpha value is -1.67. The monoisotopic (exact) mass is 258 g/mol. The van der Waals surface area contributed by atoms with Crippen molar-refractivity contribution in [2.24, 2.45) is 10.9 Å². The van der Waals surface area contributed by atoms with Gasteiger partial charge in [0.25, 0.3) is 0 Å². The molecule has 0 amide bonds. The summed E-state index contributed by atoms with van der Waals surface area (Å²) in [5.74, 6) is 0.0746. The maximum Gasteiger partial charge on any atom is 0.242 e. The third-order valence-corrected chi connectivity index (χ3v) is 3.42. The number of sulfonamides is 1. The first-order valence-corrected chi connectivity index (χ1v) is 6.40. The van der Waals surface area contributed by atoms with Gasteiger partial charge in [-0.05, 0) is 18.6 Å². The van der Waals surface area contributed by atoms with Crippen molar-refractivity contribution in [2.75, 3.05) is 6.54 Å². The van der Waals surface area contributed by atoms with Crippen LogP contribution in [0.15, 0.2) is 34.6 Å². The van der Waals surface area contributed by atoms with Gasteiger partial charge in [-0.1, -0.05) is 5.16 Å². The molecule has 0 aliphatic rings. The highest BCUT2D eigenvalue weighted by Gasteiger charge is 2.12. The predicted octanol–water partition coefficient (Wildman–Crippen LogP) is -0.114. The Kier molecular flexibility index (Phi) is 4.85. The number of nitrogens with one attached hydrogen (secondary N) is 1. The summed E-state index contributed by atoms with van der Waals surface area (Å²) in [4.78, 5) is 3.84. The van der Waals surface area contributed by atoms with Crippen LogP contribution >= 0.6 is 0 Å². The molecule has 0 fully saturated rings. The van der Waals surface area contributed by atoms with Gasteiger partial charge in [0.1, 0.15) is 10.7 Å². The smallest absolute Gasteiger partial charge is 0.242 e. The van der Waals surface area contributed by atoms with Crippen LogP contribution in [0.3, 0.4) is 0 Å². The highest BCUT2D eigenvalue weighted by molar-refractivity contribution is 7.89. The van der Waals surface area contributed by atoms with Crippen LogP contribution in [0, 0.1) is 0 Å². The van der Waals surface area contributed by atoms with Crippen LogP contribution < -0.4 is 10.5 Å². The molecule has 94 valence electrons. The first-order valence-electron chi connectivity index (χ1n) is 4.92. The van der Waals surface area contributed by atoms with Crippen LogP contribution in [-0.2, 0) is 10.0 Å². The summed E-state index contributed by atoms with van der Waals surface area (Å²) >= 11 is 0. The molecule has 7 nitrogen and oxygen atoms in total. The molecule has 8 heteroatoms. The lowest BCUT2D eigenvalue weighted by Gasteiger charge is -2.05. The van der Waals surface area contributed by atoms with Gasteiger partial charge in [0.2, 0.25) is 10.0 Å². The lowest BCUT2D eigenvalue weighted by molar-refractivity contribution is 0.316. The highest BCUT2D eigenvalue weighted by atomic mass is 32.2. The van der Waals surface area contributed by atoms with Crippen molar-refractivity contribution < 1.29 is 13.6 Å². The Balaban J connectivity index is 2.47. The van der Waals surface area contributed by atoms with E-state index in [1.54, 1.807) is 6.07 Å². The van der Waals surface area contributed by atoms with Crippen LogP contribution in [0.1, 0.15) is 12.8 Å². The topological polar surface area (TPSA) is 118 Å². The SMILES string of the molecule is NC(CCCNS(=O)(=O)c1cccnc1)=NO. The second kappa shape index (κ2) is 6.16. The Morgan fingerprint density at radius 2 is 2.35 bits per heavy atom. The van der Waals surface area contributed by atoms with E-state index >= 15 is 0 Å². The molecule has 0 aliphatic heterocycles. The zero-order valence-electron chi connectivity index (χ0n) is 9.07. The Morgan fingerprint density at radius 3 is 2.94 bits per heavy atom. The Bertz CT molecular complexity index is 472. The van der Waals surface area contributed by atoms with Gasteiger partial charge < -0.3 is 10.9 Å². The lowest BCUT2D eigenvalue weighted by atomic mass is 10.3. The van der Waals surface area contributed by atoms with Crippen LogP contribution in [-0.4, -0.2) is 31.0 Å². The van der Waals surface area contributed by atoms with E-state index in [9.17, 15) is 8.42 Å². The minimum Gasteiger partial charge on any atom is -0.409 e. The zero-order chi connectivity index (χ0) is 12.7. The molecule has 0 atom stereocenters. The summed E-state index contributed by atoms with van der Waals surface area (Å²) in [6, 6.07) is 3.00. The molecule has 0 saturated heterocycles. The summed E-state index contributed by atoms with van der Waals surface area (Å²) in [6.07, 6.45) is 3.55. The molecular weight excluding hydrogens is 244 g/mol. The van der Waals surface area contributed by atoms with E-state index in [4.69, 9.17) is 10.9 Å². The van der Waals surface area contributed by atoms with Gasteiger partial charge in [0.05, 0.1) is 0 Å². The molecule has 1 aromatic heterocycles. The number of amidine groups is 1. The lowest BCUT2D eigenvalue weighted by Crippen LogP contribution is -2.26. The largest absolute Gasteiger partial charge is 0.409 e. The predicted molar refractivity (Wildman–Crippen MR) is 62.1 cm³/mol. The second-order valence-corrected chi connectivity index (χ2v) is 5.05. The van der Waals surface area contributed by atoms with Crippen molar-refractivity contribution in [3.8, 4) is 0 Å². The van der Waals surface area contributed by atoms with E-state index in [2.05, 4.69) is 14.9 Å². The minimum absolute atomic E-state index is 0.0746. The van der Waals surface area contributed by atoms with Crippen LogP contribution in [0.25, 0.3) is 0 Å². The van der Waals surface area contributed by atoms with E-state index in [0.717, 1.165) is 0 Å². The average Bonchev–Trinajstić information content (AvgIpc) is 2.35. The molecule has 0 bridgehead atoms. The highest BCUT2D eigenvalue weighted by Crippen LogP contribution is 2.05. The van der Waals surface area contributed by atoms with Crippen molar-refractivity contribution in [3.05, 3.63) is 24.5 Å². The van der Waals surface area contributed by atoms with Crippen molar-refractivity contribution in [1.82, 2.24) is 9.71 Å². The van der Waals surface area contributed by atoms with Gasteiger partial charge in [0, 0.05) is 25.4 Å². The number of nitrogens with two attached hydrogens (primary N) is 1. The first kappa shape index (κ1) is 13.4. The number of hydrogen-bond acceptors (Lipinski definition) is 5. The van der Waals surface area contributed by atoms with Gasteiger partial charge in [0.15, 0.2) is 0 Å². The molecule has 0 aromatic carbocycles. The number of pyridine rings is 1. The van der Waals surface area contributed by atoms with Crippen molar-refractivity contribution in [2.45, 2.75) is 17.7 Å². The molecule has 0 spiro atoms. The van der Waals surface area contributed by atoms with Gasteiger partial charge in [-0.2, -0.15) is 0 Å². The molecule has 0 saturated carbocycles. The Labute approximate surface area is 99.4 Å². The van der Waals surface area contributed by atoms with E-state index in [0.29, 0.717) is 12.8 Å². The number of hydrogen-bond donors (Lipinski definition) is 3. The molecule has 4 N–H and O–H groups in total. The van der Waals surface area contributed by atoms with Crippen molar-refractivity contribution in [1.29, 1.82) is 0 Å². The number of rotatable bonds is 6. The van der Waals surface area contributed by atoms with E-state index in [-0.39, 0.29) is 17.3 Å². The maximum absolute atomic E-state index is 11.7. The van der Waals surface area contributed by atoms with E-state index < -0.39 is 10.0 Å². The first-order chi connectivity index (χ1) is 8.06. The molecule has 1 aromatic rings. The molecule has 1 rings (SSSR count). The van der Waals surface area contributed by atoms with Gasteiger partial charge in [-0.25, -0.2) is 13.1 Å². The normalized spacial score (nSPS) is 12.6. The van der Waals surface area contributed by atoms with Crippen LogP contribution in [0.4, 0.5) is 0 Å². The zero-order valence-corrected chi connectivity index (χ0v) is 9.89. The molecule has 0 unspecified atom stereocenters. The third kappa shape index (κ3) is 4.37. The molecule has 0 aliphatic carbocycles. The fourth-order valence-electron chi connectivity index (χ4n) is 1.12. The standard InChI is InChI=1S/C9H14N4O3S/c10-9(13-14)4-2-6-12-17(15,16)8-3-1-5-11-7-8/h1,3,5,7,12,14H,2,4,6H2,(H2,10,13). The van der Waals surface area contributed by atoms with E-state index in [1.807, 2.05) is 0 Å². The fraction of sp³-hybridized carbons (Fsp3) is 0.333. The molecule has 1 heterocycles. The summed E-state index contributed by atoms with van der Waals surface area (Å²) in [6.45, 7) is 0.216. The van der Waals surface area contributed by atoms with Crippen molar-refractivity contribution in [3.63, 3.8) is 0 Å². The van der Waals surface area contributed by atoms with Gasteiger partial charge >= 0.3 is 0 Å². The molecule has 17 heavy (non-hydrogen) atoms. The molecular formula is C9H14N4O3S. The second-order valence-electron chi connectivity index (χ2n) is 3.28. The summed E-state index contributed by atoms with van der Waals surface area (Å²) in [5.41, 5.74) is 5.25. The number of oxime groups is 1. The van der Waals surface area contributed by atoms with Gasteiger partial charge in [-0.15, -0.1) is 0 Å².